The molecule has 2 aromatic carbocycles. The van der Waals surface area contributed by atoms with Crippen molar-refractivity contribution in [3.05, 3.63) is 42.0 Å². The van der Waals surface area contributed by atoms with Gasteiger partial charge in [0, 0.05) is 12.5 Å². The quantitative estimate of drug-likeness (QED) is 0.478. The number of hydrogen-bond acceptors (Lipinski definition) is 2. The third-order valence-corrected chi connectivity index (χ3v) is 2.64. The van der Waals surface area contributed by atoms with Gasteiger partial charge in [0.25, 0.3) is 0 Å². The zero-order chi connectivity index (χ0) is 12.8. The van der Waals surface area contributed by atoms with Gasteiger partial charge >= 0.3 is 0 Å². The molecule has 0 unspecified atom stereocenters. The van der Waals surface area contributed by atoms with Crippen LogP contribution in [-0.4, -0.2) is 19.8 Å². The Balaban J connectivity index is 2.55. The van der Waals surface area contributed by atoms with Crippen LogP contribution in [0.15, 0.2) is 36.4 Å². The Hall–Kier alpha value is -1.69. The van der Waals surface area contributed by atoms with Gasteiger partial charge in [0.05, 0.1) is 11.4 Å². The number of fused-ring (bicyclic) bond motifs is 1. The lowest BCUT2D eigenvalue weighted by Crippen LogP contribution is -2.00. The van der Waals surface area contributed by atoms with Crippen LogP contribution in [0.25, 0.3) is 10.8 Å². The summed E-state index contributed by atoms with van der Waals surface area (Å²) in [5.74, 6) is 6.93. The van der Waals surface area contributed by atoms with E-state index < -0.39 is 0 Å². The fourth-order valence-corrected chi connectivity index (χ4v) is 1.81. The van der Waals surface area contributed by atoms with Crippen molar-refractivity contribution < 1.29 is 9.47 Å². The van der Waals surface area contributed by atoms with Crippen molar-refractivity contribution in [3.8, 4) is 17.6 Å². The smallest absolute Gasteiger partial charge is 0.188 e. The Labute approximate surface area is 111 Å². The first-order valence-corrected chi connectivity index (χ1v) is 6.08. The largest absolute Gasteiger partial charge is 0.466 e. The molecule has 0 fully saturated rings. The zero-order valence-corrected chi connectivity index (χ0v) is 10.8. The molecule has 2 aromatic rings. The van der Waals surface area contributed by atoms with E-state index in [0.29, 0.717) is 11.6 Å². The van der Waals surface area contributed by atoms with Crippen molar-refractivity contribution in [2.45, 2.75) is 0 Å². The first-order chi connectivity index (χ1) is 8.86. The molecule has 0 bridgehead atoms. The highest BCUT2D eigenvalue weighted by Crippen LogP contribution is 2.27. The van der Waals surface area contributed by atoms with Crippen LogP contribution in [0.1, 0.15) is 5.56 Å². The fraction of sp³-hybridized carbons (Fsp3) is 0.200. The minimum Gasteiger partial charge on any atom is -0.466 e. The highest BCUT2D eigenvalue weighted by Gasteiger charge is 2.06. The van der Waals surface area contributed by atoms with E-state index in [2.05, 4.69) is 11.8 Å². The number of alkyl halides is 1. The molecule has 92 valence electrons. The number of hydrogen-bond donors (Lipinski definition) is 0. The maximum absolute atomic E-state index is 5.62. The number of halogens is 1. The van der Waals surface area contributed by atoms with Gasteiger partial charge in [-0.1, -0.05) is 42.2 Å². The summed E-state index contributed by atoms with van der Waals surface area (Å²) in [5, 5.41) is 2.19. The molecule has 0 heterocycles. The molecule has 0 amide bonds. The lowest BCUT2D eigenvalue weighted by molar-refractivity contribution is 0.0510. The molecular formula is C15H13ClO2. The molecule has 18 heavy (non-hydrogen) atoms. The van der Waals surface area contributed by atoms with Crippen LogP contribution in [0.2, 0.25) is 0 Å². The van der Waals surface area contributed by atoms with Crippen LogP contribution < -0.4 is 4.74 Å². The lowest BCUT2D eigenvalue weighted by atomic mass is 10.0. The second-order valence-corrected chi connectivity index (χ2v) is 3.91. The fourth-order valence-electron chi connectivity index (χ4n) is 1.74. The average Bonchev–Trinajstić information content (AvgIpc) is 2.43. The Bertz CT molecular complexity index is 596. The highest BCUT2D eigenvalue weighted by atomic mass is 35.5. The summed E-state index contributed by atoms with van der Waals surface area (Å²) in [4.78, 5) is 0. The lowest BCUT2D eigenvalue weighted by Gasteiger charge is -2.09. The van der Waals surface area contributed by atoms with Gasteiger partial charge in [0.1, 0.15) is 5.75 Å². The Morgan fingerprint density at radius 2 is 2.00 bits per heavy atom. The number of methoxy groups -OCH3 is 1. The minimum atomic E-state index is 0.202. The Kier molecular flexibility index (Phi) is 4.46. The minimum absolute atomic E-state index is 0.202. The van der Waals surface area contributed by atoms with Crippen LogP contribution in [0, 0.1) is 11.8 Å². The van der Waals surface area contributed by atoms with Gasteiger partial charge in [-0.2, -0.15) is 0 Å². The molecule has 0 aromatic heterocycles. The molecule has 0 atom stereocenters. The van der Waals surface area contributed by atoms with Crippen molar-refractivity contribution in [1.29, 1.82) is 0 Å². The van der Waals surface area contributed by atoms with E-state index in [1.807, 2.05) is 36.4 Å². The van der Waals surface area contributed by atoms with Gasteiger partial charge < -0.3 is 9.47 Å². The van der Waals surface area contributed by atoms with E-state index in [-0.39, 0.29) is 6.79 Å². The Morgan fingerprint density at radius 3 is 2.78 bits per heavy atom. The summed E-state index contributed by atoms with van der Waals surface area (Å²) >= 11 is 5.62. The molecule has 0 radical (unpaired) electrons. The number of benzene rings is 2. The second-order valence-electron chi connectivity index (χ2n) is 3.65. The summed E-state index contributed by atoms with van der Waals surface area (Å²) in [6, 6.07) is 11.9. The zero-order valence-electron chi connectivity index (χ0n) is 10.1. The molecule has 0 aliphatic rings. The van der Waals surface area contributed by atoms with Crippen LogP contribution in [0.3, 0.4) is 0 Å². The SMILES string of the molecule is COCOc1ccc2ccccc2c1C#CCCl. The molecule has 3 heteroatoms. The first-order valence-electron chi connectivity index (χ1n) is 5.55. The standard InChI is InChI=1S/C15H13ClO2/c1-17-11-18-15-9-8-12-5-2-3-6-13(12)14(15)7-4-10-16/h2-3,5-6,8-9H,10-11H2,1H3. The summed E-state index contributed by atoms with van der Waals surface area (Å²) in [5.41, 5.74) is 0.853. The van der Waals surface area contributed by atoms with E-state index in [4.69, 9.17) is 21.1 Å². The van der Waals surface area contributed by atoms with Gasteiger partial charge in [0.15, 0.2) is 6.79 Å². The van der Waals surface area contributed by atoms with Crippen LogP contribution in [-0.2, 0) is 4.74 Å². The van der Waals surface area contributed by atoms with E-state index >= 15 is 0 Å². The van der Waals surface area contributed by atoms with Crippen molar-refractivity contribution >= 4 is 22.4 Å². The van der Waals surface area contributed by atoms with Crippen molar-refractivity contribution in [2.24, 2.45) is 0 Å². The van der Waals surface area contributed by atoms with Crippen LogP contribution >= 0.6 is 11.6 Å². The van der Waals surface area contributed by atoms with E-state index in [0.717, 1.165) is 16.3 Å². The van der Waals surface area contributed by atoms with Crippen molar-refractivity contribution in [2.75, 3.05) is 19.8 Å². The number of rotatable bonds is 3. The molecule has 0 N–H and O–H groups in total. The van der Waals surface area contributed by atoms with E-state index in [1.54, 1.807) is 7.11 Å². The molecule has 0 spiro atoms. The predicted octanol–water partition coefficient (Wildman–Crippen LogP) is 3.41. The molecule has 0 aliphatic heterocycles. The molecule has 0 aliphatic carbocycles. The predicted molar refractivity (Wildman–Crippen MR) is 74.1 cm³/mol. The van der Waals surface area contributed by atoms with E-state index in [1.165, 1.54) is 0 Å². The van der Waals surface area contributed by atoms with Gasteiger partial charge in [0.2, 0.25) is 0 Å². The summed E-state index contributed by atoms with van der Waals surface area (Å²) < 4.78 is 10.4. The molecule has 2 nitrogen and oxygen atoms in total. The number of ether oxygens (including phenoxy) is 2. The van der Waals surface area contributed by atoms with Gasteiger partial charge in [-0.25, -0.2) is 0 Å². The molecule has 0 saturated heterocycles. The third kappa shape index (κ3) is 2.76. The third-order valence-electron chi connectivity index (χ3n) is 2.50. The normalized spacial score (nSPS) is 9.89. The average molecular weight is 261 g/mol. The molecular weight excluding hydrogens is 248 g/mol. The second kappa shape index (κ2) is 6.30. The topological polar surface area (TPSA) is 18.5 Å². The maximum Gasteiger partial charge on any atom is 0.188 e. The maximum atomic E-state index is 5.62. The summed E-state index contributed by atoms with van der Waals surface area (Å²) in [7, 11) is 1.59. The van der Waals surface area contributed by atoms with E-state index in [9.17, 15) is 0 Å². The van der Waals surface area contributed by atoms with Gasteiger partial charge in [-0.05, 0) is 11.5 Å². The van der Waals surface area contributed by atoms with Crippen LogP contribution in [0.5, 0.6) is 5.75 Å². The summed E-state index contributed by atoms with van der Waals surface area (Å²) in [6.45, 7) is 0.202. The Morgan fingerprint density at radius 1 is 1.17 bits per heavy atom. The highest BCUT2D eigenvalue weighted by molar-refractivity contribution is 6.19. The van der Waals surface area contributed by atoms with Crippen LogP contribution in [0.4, 0.5) is 0 Å². The monoisotopic (exact) mass is 260 g/mol. The first kappa shape index (κ1) is 12.8. The molecule has 0 saturated carbocycles. The summed E-state index contributed by atoms with van der Waals surface area (Å²) in [6.07, 6.45) is 0. The van der Waals surface area contributed by atoms with Gasteiger partial charge in [-0.3, -0.25) is 0 Å². The molecule has 2 rings (SSSR count). The van der Waals surface area contributed by atoms with Crippen molar-refractivity contribution in [1.82, 2.24) is 0 Å². The van der Waals surface area contributed by atoms with Crippen molar-refractivity contribution in [3.63, 3.8) is 0 Å². The van der Waals surface area contributed by atoms with Gasteiger partial charge in [-0.15, -0.1) is 11.6 Å².